The van der Waals surface area contributed by atoms with Gasteiger partial charge in [0.1, 0.15) is 5.58 Å². The molecule has 0 aliphatic carbocycles. The second-order valence-corrected chi connectivity index (χ2v) is 5.94. The molecule has 0 spiro atoms. The summed E-state index contributed by atoms with van der Waals surface area (Å²) in [5.74, 6) is 0.804. The topological polar surface area (TPSA) is 62.5 Å². The van der Waals surface area contributed by atoms with E-state index in [1.54, 1.807) is 12.4 Å². The first-order valence-corrected chi connectivity index (χ1v) is 8.05. The summed E-state index contributed by atoms with van der Waals surface area (Å²) in [6, 6.07) is 11.1. The van der Waals surface area contributed by atoms with Crippen molar-refractivity contribution in [2.24, 2.45) is 0 Å². The summed E-state index contributed by atoms with van der Waals surface area (Å²) in [5.41, 5.74) is 1.55. The zero-order chi connectivity index (χ0) is 16.4. The van der Waals surface area contributed by atoms with Crippen molar-refractivity contribution in [3.05, 3.63) is 64.8 Å². The van der Waals surface area contributed by atoms with Crippen LogP contribution in [-0.4, -0.2) is 41.0 Å². The van der Waals surface area contributed by atoms with Gasteiger partial charge in [0, 0.05) is 56.6 Å². The summed E-state index contributed by atoms with van der Waals surface area (Å²) < 4.78 is 5.18. The quantitative estimate of drug-likeness (QED) is 0.687. The van der Waals surface area contributed by atoms with E-state index in [4.69, 9.17) is 4.42 Å². The zero-order valence-corrected chi connectivity index (χ0v) is 13.3. The van der Waals surface area contributed by atoms with Crippen molar-refractivity contribution in [2.75, 3.05) is 31.1 Å². The fraction of sp³-hybridized carbons (Fsp3) is 0.278. The molecule has 2 aromatic heterocycles. The van der Waals surface area contributed by atoms with Gasteiger partial charge in [-0.15, -0.1) is 0 Å². The molecular weight excluding hydrogens is 304 g/mol. The lowest BCUT2D eigenvalue weighted by molar-refractivity contribution is 0.249. The Hall–Kier alpha value is -2.73. The predicted molar refractivity (Wildman–Crippen MR) is 92.0 cm³/mol. The lowest BCUT2D eigenvalue weighted by atomic mass is 10.1. The number of aromatic nitrogens is 2. The Labute approximate surface area is 139 Å². The number of benzene rings is 1. The van der Waals surface area contributed by atoms with Crippen molar-refractivity contribution in [2.45, 2.75) is 6.54 Å². The average molecular weight is 322 g/mol. The van der Waals surface area contributed by atoms with Gasteiger partial charge in [-0.1, -0.05) is 6.07 Å². The van der Waals surface area contributed by atoms with Crippen LogP contribution in [0.25, 0.3) is 11.0 Å². The Bertz CT molecular complexity index is 886. The second kappa shape index (κ2) is 6.41. The molecule has 0 atom stereocenters. The average Bonchev–Trinajstić information content (AvgIpc) is 2.63. The van der Waals surface area contributed by atoms with Crippen molar-refractivity contribution in [3.8, 4) is 0 Å². The summed E-state index contributed by atoms with van der Waals surface area (Å²) in [7, 11) is 0. The molecule has 1 aromatic carbocycles. The minimum Gasteiger partial charge on any atom is -0.423 e. The zero-order valence-electron chi connectivity index (χ0n) is 13.3. The summed E-state index contributed by atoms with van der Waals surface area (Å²) in [6.45, 7) is 4.68. The molecule has 3 heterocycles. The molecule has 0 unspecified atom stereocenters. The third kappa shape index (κ3) is 3.14. The van der Waals surface area contributed by atoms with Gasteiger partial charge in [0.25, 0.3) is 0 Å². The largest absolute Gasteiger partial charge is 0.423 e. The lowest BCUT2D eigenvalue weighted by Crippen LogP contribution is -2.46. The normalized spacial score (nSPS) is 15.8. The highest BCUT2D eigenvalue weighted by Crippen LogP contribution is 2.17. The molecule has 122 valence electrons. The maximum atomic E-state index is 11.2. The smallest absolute Gasteiger partial charge is 0.336 e. The molecule has 1 aliphatic rings. The summed E-state index contributed by atoms with van der Waals surface area (Å²) in [6.07, 6.45) is 3.56. The molecule has 6 heteroatoms. The van der Waals surface area contributed by atoms with E-state index in [0.29, 0.717) is 5.58 Å². The molecule has 0 N–H and O–H groups in total. The van der Waals surface area contributed by atoms with E-state index in [-0.39, 0.29) is 5.63 Å². The van der Waals surface area contributed by atoms with Crippen LogP contribution in [0, 0.1) is 0 Å². The van der Waals surface area contributed by atoms with Crippen molar-refractivity contribution in [1.29, 1.82) is 0 Å². The number of rotatable bonds is 3. The van der Waals surface area contributed by atoms with Crippen molar-refractivity contribution < 1.29 is 4.42 Å². The van der Waals surface area contributed by atoms with E-state index in [2.05, 4.69) is 25.8 Å². The van der Waals surface area contributed by atoms with Gasteiger partial charge in [-0.05, 0) is 29.8 Å². The number of anilines is 1. The molecule has 24 heavy (non-hydrogen) atoms. The van der Waals surface area contributed by atoms with Crippen LogP contribution in [0.15, 0.2) is 58.0 Å². The first-order chi connectivity index (χ1) is 11.8. The van der Waals surface area contributed by atoms with Crippen LogP contribution in [0.1, 0.15) is 5.56 Å². The van der Waals surface area contributed by atoms with Crippen LogP contribution in [-0.2, 0) is 6.54 Å². The standard InChI is InChI=1S/C18H18N4O2/c23-17-5-3-15-12-14(2-4-16(15)24-17)13-21-8-10-22(11-9-21)18-19-6-1-7-20-18/h1-7,12H,8-11,13H2. The SMILES string of the molecule is O=c1ccc2cc(CN3CCN(c4ncccn4)CC3)ccc2o1. The minimum absolute atomic E-state index is 0.311. The lowest BCUT2D eigenvalue weighted by Gasteiger charge is -2.34. The van der Waals surface area contributed by atoms with Crippen molar-refractivity contribution in [1.82, 2.24) is 14.9 Å². The molecule has 1 fully saturated rings. The Morgan fingerprint density at radius 3 is 2.58 bits per heavy atom. The molecular formula is C18H18N4O2. The second-order valence-electron chi connectivity index (χ2n) is 5.94. The van der Waals surface area contributed by atoms with Crippen LogP contribution in [0.3, 0.4) is 0 Å². The predicted octanol–water partition coefficient (Wildman–Crippen LogP) is 1.91. The highest BCUT2D eigenvalue weighted by molar-refractivity contribution is 5.76. The van der Waals surface area contributed by atoms with E-state index in [0.717, 1.165) is 44.1 Å². The molecule has 4 rings (SSSR count). The first kappa shape index (κ1) is 14.8. The van der Waals surface area contributed by atoms with Crippen molar-refractivity contribution >= 4 is 16.9 Å². The Balaban J connectivity index is 1.42. The molecule has 0 amide bonds. The van der Waals surface area contributed by atoms with Gasteiger partial charge in [-0.25, -0.2) is 14.8 Å². The summed E-state index contributed by atoms with van der Waals surface area (Å²) >= 11 is 0. The van der Waals surface area contributed by atoms with Crippen LogP contribution >= 0.6 is 0 Å². The number of piperazine rings is 1. The van der Waals surface area contributed by atoms with E-state index < -0.39 is 0 Å². The Morgan fingerprint density at radius 2 is 1.79 bits per heavy atom. The van der Waals surface area contributed by atoms with Crippen molar-refractivity contribution in [3.63, 3.8) is 0 Å². The Morgan fingerprint density at radius 1 is 1.00 bits per heavy atom. The molecule has 0 saturated carbocycles. The molecule has 0 radical (unpaired) electrons. The van der Waals surface area contributed by atoms with E-state index in [1.165, 1.54) is 11.6 Å². The van der Waals surface area contributed by atoms with Gasteiger partial charge in [0.2, 0.25) is 5.95 Å². The third-order valence-corrected chi connectivity index (χ3v) is 4.30. The highest BCUT2D eigenvalue weighted by atomic mass is 16.4. The number of fused-ring (bicyclic) bond motifs is 1. The van der Waals surface area contributed by atoms with Gasteiger partial charge in [0.15, 0.2) is 0 Å². The number of hydrogen-bond acceptors (Lipinski definition) is 6. The molecule has 0 bridgehead atoms. The summed E-state index contributed by atoms with van der Waals surface area (Å²) in [4.78, 5) is 24.5. The van der Waals surface area contributed by atoms with Crippen LogP contribution in [0.5, 0.6) is 0 Å². The highest BCUT2D eigenvalue weighted by Gasteiger charge is 2.18. The fourth-order valence-corrected chi connectivity index (χ4v) is 3.04. The van der Waals surface area contributed by atoms with E-state index in [9.17, 15) is 4.79 Å². The minimum atomic E-state index is -0.311. The van der Waals surface area contributed by atoms with Gasteiger partial charge >= 0.3 is 5.63 Å². The molecule has 3 aromatic rings. The maximum Gasteiger partial charge on any atom is 0.336 e. The van der Waals surface area contributed by atoms with E-state index >= 15 is 0 Å². The van der Waals surface area contributed by atoms with Gasteiger partial charge in [-0.3, -0.25) is 4.90 Å². The molecule has 6 nitrogen and oxygen atoms in total. The Kier molecular flexibility index (Phi) is 3.96. The number of nitrogens with zero attached hydrogens (tertiary/aromatic N) is 4. The summed E-state index contributed by atoms with van der Waals surface area (Å²) in [5, 5.41) is 0.962. The monoisotopic (exact) mass is 322 g/mol. The van der Waals surface area contributed by atoms with Gasteiger partial charge in [0.05, 0.1) is 0 Å². The molecule has 1 aliphatic heterocycles. The van der Waals surface area contributed by atoms with Gasteiger partial charge in [-0.2, -0.15) is 0 Å². The maximum absolute atomic E-state index is 11.2. The van der Waals surface area contributed by atoms with Gasteiger partial charge < -0.3 is 9.32 Å². The fourth-order valence-electron chi connectivity index (χ4n) is 3.04. The van der Waals surface area contributed by atoms with Crippen LogP contribution in [0.4, 0.5) is 5.95 Å². The number of hydrogen-bond donors (Lipinski definition) is 0. The van der Waals surface area contributed by atoms with E-state index in [1.807, 2.05) is 24.3 Å². The first-order valence-electron chi connectivity index (χ1n) is 8.05. The van der Waals surface area contributed by atoms with Crippen LogP contribution in [0.2, 0.25) is 0 Å². The van der Waals surface area contributed by atoms with Crippen LogP contribution < -0.4 is 10.5 Å². The third-order valence-electron chi connectivity index (χ3n) is 4.30. The molecule has 1 saturated heterocycles.